The highest BCUT2D eigenvalue weighted by Crippen LogP contribution is 2.27. The smallest absolute Gasteiger partial charge is 0.165 e. The molecule has 0 fully saturated rings. The Kier molecular flexibility index (Phi) is 3.76. The normalized spacial score (nSPS) is 10.3. The van der Waals surface area contributed by atoms with Gasteiger partial charge in [-0.25, -0.2) is 4.39 Å². The van der Waals surface area contributed by atoms with Crippen LogP contribution in [-0.2, 0) is 6.54 Å². The van der Waals surface area contributed by atoms with Crippen LogP contribution in [0.1, 0.15) is 5.56 Å². The van der Waals surface area contributed by atoms with Crippen molar-refractivity contribution in [3.8, 4) is 11.5 Å². The molecule has 0 atom stereocenters. The van der Waals surface area contributed by atoms with Gasteiger partial charge in [-0.3, -0.25) is 0 Å². The van der Waals surface area contributed by atoms with Crippen LogP contribution in [0.2, 0.25) is 0 Å². The molecule has 0 heterocycles. The average molecular weight is 296 g/mol. The molecular formula is C13H11BrFNO. The molecule has 2 rings (SSSR count). The second-order valence-electron chi connectivity index (χ2n) is 3.53. The third kappa shape index (κ3) is 3.05. The summed E-state index contributed by atoms with van der Waals surface area (Å²) < 4.78 is 19.7. The molecule has 0 amide bonds. The zero-order valence-electron chi connectivity index (χ0n) is 8.99. The number of rotatable bonds is 3. The fourth-order valence-electron chi connectivity index (χ4n) is 1.42. The second kappa shape index (κ2) is 5.29. The van der Waals surface area contributed by atoms with Gasteiger partial charge < -0.3 is 10.5 Å². The Hall–Kier alpha value is -1.39. The molecule has 2 N–H and O–H groups in total. The number of nitrogens with two attached hydrogens (primary N) is 1. The summed E-state index contributed by atoms with van der Waals surface area (Å²) in [6.45, 7) is 0.429. The van der Waals surface area contributed by atoms with Crippen molar-refractivity contribution in [3.05, 3.63) is 58.3 Å². The predicted molar refractivity (Wildman–Crippen MR) is 68.5 cm³/mol. The zero-order chi connectivity index (χ0) is 12.3. The Morgan fingerprint density at radius 3 is 2.76 bits per heavy atom. The van der Waals surface area contributed by atoms with Crippen LogP contribution >= 0.6 is 15.9 Å². The molecule has 0 aliphatic carbocycles. The first-order chi connectivity index (χ1) is 8.19. The lowest BCUT2D eigenvalue weighted by molar-refractivity contribution is 0.441. The van der Waals surface area contributed by atoms with Crippen molar-refractivity contribution in [2.45, 2.75) is 6.54 Å². The molecule has 0 bridgehead atoms. The van der Waals surface area contributed by atoms with Gasteiger partial charge in [0.1, 0.15) is 5.75 Å². The van der Waals surface area contributed by atoms with Gasteiger partial charge in [0.15, 0.2) is 11.6 Å². The van der Waals surface area contributed by atoms with Crippen molar-refractivity contribution in [1.29, 1.82) is 0 Å². The maximum absolute atomic E-state index is 13.5. The van der Waals surface area contributed by atoms with E-state index < -0.39 is 5.82 Å². The fraction of sp³-hybridized carbons (Fsp3) is 0.0769. The predicted octanol–water partition coefficient (Wildman–Crippen LogP) is 3.84. The molecule has 2 nitrogen and oxygen atoms in total. The standard InChI is InChI=1S/C13H11BrFNO/c14-10-4-5-12(15)13(7-10)17-11-3-1-2-9(6-11)8-16/h1-7H,8,16H2. The molecule has 0 saturated heterocycles. The molecule has 0 aliphatic heterocycles. The van der Waals surface area contributed by atoms with E-state index in [4.69, 9.17) is 10.5 Å². The summed E-state index contributed by atoms with van der Waals surface area (Å²) in [5.74, 6) is 0.366. The molecule has 0 saturated carbocycles. The third-order valence-electron chi connectivity index (χ3n) is 2.26. The van der Waals surface area contributed by atoms with E-state index in [1.165, 1.54) is 6.07 Å². The summed E-state index contributed by atoms with van der Waals surface area (Å²) in [5.41, 5.74) is 6.47. The molecule has 2 aromatic rings. The zero-order valence-corrected chi connectivity index (χ0v) is 10.6. The van der Waals surface area contributed by atoms with E-state index in [2.05, 4.69) is 15.9 Å². The van der Waals surface area contributed by atoms with Crippen LogP contribution in [-0.4, -0.2) is 0 Å². The number of benzene rings is 2. The topological polar surface area (TPSA) is 35.2 Å². The van der Waals surface area contributed by atoms with Gasteiger partial charge in [-0.2, -0.15) is 0 Å². The van der Waals surface area contributed by atoms with Crippen molar-refractivity contribution < 1.29 is 9.13 Å². The molecule has 0 unspecified atom stereocenters. The van der Waals surface area contributed by atoms with Crippen LogP contribution in [0, 0.1) is 5.82 Å². The SMILES string of the molecule is NCc1cccc(Oc2cc(Br)ccc2F)c1. The van der Waals surface area contributed by atoms with Gasteiger partial charge in [-0.05, 0) is 35.9 Å². The van der Waals surface area contributed by atoms with Crippen LogP contribution in [0.25, 0.3) is 0 Å². The molecular weight excluding hydrogens is 285 g/mol. The Bertz CT molecular complexity index is 531. The Morgan fingerprint density at radius 2 is 2.00 bits per heavy atom. The number of hydrogen-bond donors (Lipinski definition) is 1. The first-order valence-electron chi connectivity index (χ1n) is 5.11. The van der Waals surface area contributed by atoms with Crippen molar-refractivity contribution in [2.75, 3.05) is 0 Å². The Morgan fingerprint density at radius 1 is 1.18 bits per heavy atom. The van der Waals surface area contributed by atoms with Gasteiger partial charge in [0.25, 0.3) is 0 Å². The highest BCUT2D eigenvalue weighted by molar-refractivity contribution is 9.10. The van der Waals surface area contributed by atoms with Gasteiger partial charge in [0, 0.05) is 11.0 Å². The van der Waals surface area contributed by atoms with Crippen LogP contribution in [0.15, 0.2) is 46.9 Å². The van der Waals surface area contributed by atoms with Gasteiger partial charge in [0.2, 0.25) is 0 Å². The number of ether oxygens (including phenoxy) is 1. The quantitative estimate of drug-likeness (QED) is 0.934. The minimum atomic E-state index is -0.397. The van der Waals surface area contributed by atoms with Gasteiger partial charge >= 0.3 is 0 Å². The molecule has 17 heavy (non-hydrogen) atoms. The van der Waals surface area contributed by atoms with Crippen molar-refractivity contribution in [2.24, 2.45) is 5.73 Å². The first kappa shape index (κ1) is 12.1. The fourth-order valence-corrected chi connectivity index (χ4v) is 1.76. The van der Waals surface area contributed by atoms with E-state index in [0.29, 0.717) is 12.3 Å². The van der Waals surface area contributed by atoms with E-state index in [1.807, 2.05) is 12.1 Å². The lowest BCUT2D eigenvalue weighted by Gasteiger charge is -2.08. The van der Waals surface area contributed by atoms with E-state index in [1.54, 1.807) is 24.3 Å². The van der Waals surface area contributed by atoms with E-state index >= 15 is 0 Å². The third-order valence-corrected chi connectivity index (χ3v) is 2.75. The van der Waals surface area contributed by atoms with Crippen molar-refractivity contribution in [1.82, 2.24) is 0 Å². The minimum absolute atomic E-state index is 0.188. The van der Waals surface area contributed by atoms with Crippen molar-refractivity contribution in [3.63, 3.8) is 0 Å². The number of hydrogen-bond acceptors (Lipinski definition) is 2. The maximum atomic E-state index is 13.5. The minimum Gasteiger partial charge on any atom is -0.454 e. The van der Waals surface area contributed by atoms with E-state index in [9.17, 15) is 4.39 Å². The Balaban J connectivity index is 2.27. The van der Waals surface area contributed by atoms with Crippen LogP contribution in [0.3, 0.4) is 0 Å². The molecule has 88 valence electrons. The molecule has 2 aromatic carbocycles. The van der Waals surface area contributed by atoms with Crippen LogP contribution in [0.5, 0.6) is 11.5 Å². The monoisotopic (exact) mass is 295 g/mol. The first-order valence-corrected chi connectivity index (χ1v) is 5.90. The summed E-state index contributed by atoms with van der Waals surface area (Å²) in [4.78, 5) is 0. The van der Waals surface area contributed by atoms with E-state index in [0.717, 1.165) is 10.0 Å². The van der Waals surface area contributed by atoms with Crippen LogP contribution in [0.4, 0.5) is 4.39 Å². The summed E-state index contributed by atoms with van der Waals surface area (Å²) in [7, 11) is 0. The molecule has 0 aromatic heterocycles. The summed E-state index contributed by atoms with van der Waals surface area (Å²) in [5, 5.41) is 0. The van der Waals surface area contributed by atoms with Gasteiger partial charge in [-0.1, -0.05) is 28.1 Å². The summed E-state index contributed by atoms with van der Waals surface area (Å²) >= 11 is 3.27. The molecule has 0 spiro atoms. The van der Waals surface area contributed by atoms with E-state index in [-0.39, 0.29) is 5.75 Å². The second-order valence-corrected chi connectivity index (χ2v) is 4.44. The summed E-state index contributed by atoms with van der Waals surface area (Å²) in [6, 6.07) is 11.8. The molecule has 0 radical (unpaired) electrons. The highest BCUT2D eigenvalue weighted by atomic mass is 79.9. The lowest BCUT2D eigenvalue weighted by Crippen LogP contribution is -1.96. The Labute approximate surface area is 107 Å². The maximum Gasteiger partial charge on any atom is 0.165 e. The van der Waals surface area contributed by atoms with Crippen molar-refractivity contribution >= 4 is 15.9 Å². The van der Waals surface area contributed by atoms with Crippen LogP contribution < -0.4 is 10.5 Å². The lowest BCUT2D eigenvalue weighted by atomic mass is 10.2. The highest BCUT2D eigenvalue weighted by Gasteiger charge is 2.05. The van der Waals surface area contributed by atoms with Gasteiger partial charge in [0.05, 0.1) is 0 Å². The average Bonchev–Trinajstić information content (AvgIpc) is 2.34. The number of halogens is 2. The summed E-state index contributed by atoms with van der Waals surface area (Å²) in [6.07, 6.45) is 0. The largest absolute Gasteiger partial charge is 0.454 e. The van der Waals surface area contributed by atoms with Gasteiger partial charge in [-0.15, -0.1) is 0 Å². The molecule has 0 aliphatic rings. The molecule has 4 heteroatoms.